The number of anilines is 1. The number of benzene rings is 2. The van der Waals surface area contributed by atoms with E-state index < -0.39 is 0 Å². The van der Waals surface area contributed by atoms with Gasteiger partial charge in [0.15, 0.2) is 5.65 Å². The van der Waals surface area contributed by atoms with Gasteiger partial charge in [-0.2, -0.15) is 14.6 Å². The quantitative estimate of drug-likeness (QED) is 0.289. The lowest BCUT2D eigenvalue weighted by Gasteiger charge is -2.31. The maximum Gasteiger partial charge on any atom is 0.263 e. The number of hydrogen-bond donors (Lipinski definition) is 1. The fraction of sp³-hybridized carbons (Fsp3) is 0.222. The first-order valence-electron chi connectivity index (χ1n) is 11.9. The molecule has 182 valence electrons. The predicted molar refractivity (Wildman–Crippen MR) is 146 cm³/mol. The third kappa shape index (κ3) is 4.22. The molecule has 0 spiro atoms. The number of amides is 1. The largest absolute Gasteiger partial charge is 0.476 e. The molecule has 3 aromatic heterocycles. The van der Waals surface area contributed by atoms with Crippen LogP contribution in [0.25, 0.3) is 27.5 Å². The molecule has 1 saturated heterocycles. The number of thiophene rings is 1. The Labute approximate surface area is 220 Å². The van der Waals surface area contributed by atoms with E-state index in [1.165, 1.54) is 16.7 Å². The third-order valence-corrected chi connectivity index (χ3v) is 8.35. The summed E-state index contributed by atoms with van der Waals surface area (Å²) in [6.45, 7) is 1.98. The minimum absolute atomic E-state index is 0.119. The van der Waals surface area contributed by atoms with Gasteiger partial charge in [-0.25, -0.2) is 0 Å². The Balaban J connectivity index is 1.20. The molecule has 7 nitrogen and oxygen atoms in total. The van der Waals surface area contributed by atoms with Crippen LogP contribution >= 0.6 is 27.3 Å². The molecule has 6 rings (SSSR count). The van der Waals surface area contributed by atoms with E-state index in [9.17, 15) is 4.79 Å². The maximum atomic E-state index is 12.6. The summed E-state index contributed by atoms with van der Waals surface area (Å²) in [5.41, 5.74) is 8.96. The van der Waals surface area contributed by atoms with Crippen LogP contribution in [-0.2, 0) is 0 Å². The van der Waals surface area contributed by atoms with Gasteiger partial charge in [-0.15, -0.1) is 11.3 Å². The van der Waals surface area contributed by atoms with Crippen LogP contribution in [0, 0.1) is 5.92 Å². The second-order valence-corrected chi connectivity index (χ2v) is 10.7. The summed E-state index contributed by atoms with van der Waals surface area (Å²) in [6.07, 6.45) is 3.57. The molecule has 0 saturated carbocycles. The molecule has 1 amide bonds. The highest BCUT2D eigenvalue weighted by Gasteiger charge is 2.25. The number of rotatable bonds is 5. The predicted octanol–water partition coefficient (Wildman–Crippen LogP) is 5.89. The normalized spacial score (nSPS) is 14.5. The minimum atomic E-state index is 0.119. The van der Waals surface area contributed by atoms with Gasteiger partial charge in [0.1, 0.15) is 10.3 Å². The van der Waals surface area contributed by atoms with E-state index in [4.69, 9.17) is 15.5 Å². The zero-order valence-electron chi connectivity index (χ0n) is 19.4. The van der Waals surface area contributed by atoms with Crippen LogP contribution in [0.3, 0.4) is 0 Å². The zero-order chi connectivity index (χ0) is 24.6. The number of likely N-dealkylation sites (tertiary alicyclic amines) is 1. The molecule has 5 aromatic rings. The topological polar surface area (TPSA) is 85.8 Å². The van der Waals surface area contributed by atoms with E-state index in [1.807, 2.05) is 34.5 Å². The molecular formula is C27H24BrN5O2S. The van der Waals surface area contributed by atoms with Crippen molar-refractivity contribution in [2.75, 3.05) is 25.4 Å². The summed E-state index contributed by atoms with van der Waals surface area (Å²) in [6, 6.07) is 18.4. The molecule has 2 N–H and O–H groups in total. The first kappa shape index (κ1) is 23.0. The van der Waals surface area contributed by atoms with Gasteiger partial charge in [0, 0.05) is 18.7 Å². The highest BCUT2D eigenvalue weighted by molar-refractivity contribution is 9.10. The Kier molecular flexibility index (Phi) is 6.10. The lowest BCUT2D eigenvalue weighted by molar-refractivity contribution is 0.0664. The molecule has 1 fully saturated rings. The van der Waals surface area contributed by atoms with Gasteiger partial charge in [-0.3, -0.25) is 4.79 Å². The Morgan fingerprint density at radius 3 is 2.69 bits per heavy atom. The summed E-state index contributed by atoms with van der Waals surface area (Å²) in [5.74, 6) is 1.36. The summed E-state index contributed by atoms with van der Waals surface area (Å²) >= 11 is 5.04. The van der Waals surface area contributed by atoms with Crippen molar-refractivity contribution in [3.8, 4) is 17.0 Å². The zero-order valence-corrected chi connectivity index (χ0v) is 21.8. The van der Waals surface area contributed by atoms with Gasteiger partial charge in [0.25, 0.3) is 5.91 Å². The van der Waals surface area contributed by atoms with Gasteiger partial charge >= 0.3 is 0 Å². The molecule has 0 unspecified atom stereocenters. The van der Waals surface area contributed by atoms with Crippen LogP contribution in [0.5, 0.6) is 5.88 Å². The monoisotopic (exact) mass is 561 g/mol. The van der Waals surface area contributed by atoms with E-state index >= 15 is 0 Å². The van der Waals surface area contributed by atoms with E-state index in [0.29, 0.717) is 34.3 Å². The average molecular weight is 562 g/mol. The number of fused-ring (bicyclic) bond motifs is 2. The molecule has 36 heavy (non-hydrogen) atoms. The molecule has 0 radical (unpaired) electrons. The van der Waals surface area contributed by atoms with Crippen molar-refractivity contribution < 1.29 is 9.53 Å². The van der Waals surface area contributed by atoms with Gasteiger partial charge in [-0.1, -0.05) is 42.5 Å². The molecule has 4 heterocycles. The highest BCUT2D eigenvalue weighted by Crippen LogP contribution is 2.35. The van der Waals surface area contributed by atoms with Crippen molar-refractivity contribution in [2.24, 2.45) is 5.92 Å². The van der Waals surface area contributed by atoms with Gasteiger partial charge in [-0.05, 0) is 68.5 Å². The van der Waals surface area contributed by atoms with Crippen LogP contribution in [0.15, 0.2) is 70.6 Å². The number of hydrogen-bond acceptors (Lipinski definition) is 6. The Hall–Kier alpha value is -3.43. The van der Waals surface area contributed by atoms with Crippen molar-refractivity contribution >= 4 is 55.4 Å². The lowest BCUT2D eigenvalue weighted by Crippen LogP contribution is -2.39. The number of carbonyl (C=O) groups is 1. The number of ether oxygens (including phenoxy) is 1. The van der Waals surface area contributed by atoms with Crippen LogP contribution in [0.1, 0.15) is 22.5 Å². The Morgan fingerprint density at radius 2 is 1.92 bits per heavy atom. The number of nitrogens with two attached hydrogens (primary N) is 1. The molecule has 1 aliphatic rings. The van der Waals surface area contributed by atoms with Crippen molar-refractivity contribution in [1.82, 2.24) is 19.5 Å². The molecule has 9 heteroatoms. The first-order chi connectivity index (χ1) is 17.6. The van der Waals surface area contributed by atoms with Gasteiger partial charge < -0.3 is 15.4 Å². The number of nitrogens with zero attached hydrogens (tertiary/aromatic N) is 4. The molecule has 0 aliphatic carbocycles. The van der Waals surface area contributed by atoms with E-state index in [1.54, 1.807) is 10.7 Å². The molecular weight excluding hydrogens is 538 g/mol. The Morgan fingerprint density at radius 1 is 1.11 bits per heavy atom. The summed E-state index contributed by atoms with van der Waals surface area (Å²) in [5, 5.41) is 8.75. The SMILES string of the molecule is Nc1c(Br)c(OCC2CCN(C(=O)c3cccs3)CC2)nc2c(-c3ccc4ccccc4c3)cnn12. The van der Waals surface area contributed by atoms with Crippen LogP contribution in [0.4, 0.5) is 5.82 Å². The van der Waals surface area contributed by atoms with Gasteiger partial charge in [0.05, 0.1) is 17.7 Å². The van der Waals surface area contributed by atoms with Crippen molar-refractivity contribution in [1.29, 1.82) is 0 Å². The van der Waals surface area contributed by atoms with E-state index in [0.717, 1.165) is 47.3 Å². The van der Waals surface area contributed by atoms with E-state index in [2.05, 4.69) is 51.4 Å². The molecule has 2 aromatic carbocycles. The van der Waals surface area contributed by atoms with Crippen LogP contribution in [0.2, 0.25) is 0 Å². The van der Waals surface area contributed by atoms with Gasteiger partial charge in [0.2, 0.25) is 5.88 Å². The summed E-state index contributed by atoms with van der Waals surface area (Å²) < 4.78 is 8.41. The maximum absolute atomic E-state index is 12.6. The average Bonchev–Trinajstić information content (AvgIpc) is 3.60. The fourth-order valence-electron chi connectivity index (χ4n) is 4.69. The molecule has 0 atom stereocenters. The fourth-order valence-corrected chi connectivity index (χ4v) is 5.75. The molecule has 1 aliphatic heterocycles. The second-order valence-electron chi connectivity index (χ2n) is 9.00. The number of piperidine rings is 1. The number of halogens is 1. The summed E-state index contributed by atoms with van der Waals surface area (Å²) in [4.78, 5) is 20.1. The third-order valence-electron chi connectivity index (χ3n) is 6.74. The smallest absolute Gasteiger partial charge is 0.263 e. The summed E-state index contributed by atoms with van der Waals surface area (Å²) in [7, 11) is 0. The standard InChI is InChI=1S/C27H24BrN5O2S/c28-23-24(29)33-25(21(15-30-33)20-8-7-18-4-1-2-5-19(18)14-20)31-26(23)35-16-17-9-11-32(12-10-17)27(34)22-6-3-13-36-22/h1-8,13-15,17H,9-12,16,29H2. The van der Waals surface area contributed by atoms with Crippen molar-refractivity contribution in [2.45, 2.75) is 12.8 Å². The number of nitrogen functional groups attached to an aromatic ring is 1. The highest BCUT2D eigenvalue weighted by atomic mass is 79.9. The van der Waals surface area contributed by atoms with Crippen LogP contribution < -0.4 is 10.5 Å². The molecule has 0 bridgehead atoms. The Bertz CT molecular complexity index is 1560. The minimum Gasteiger partial charge on any atom is -0.476 e. The lowest BCUT2D eigenvalue weighted by atomic mass is 9.98. The van der Waals surface area contributed by atoms with Crippen molar-refractivity contribution in [3.63, 3.8) is 0 Å². The van der Waals surface area contributed by atoms with Crippen molar-refractivity contribution in [3.05, 3.63) is 75.5 Å². The van der Waals surface area contributed by atoms with E-state index in [-0.39, 0.29) is 5.91 Å². The first-order valence-corrected chi connectivity index (χ1v) is 13.5. The second kappa shape index (κ2) is 9.55. The number of carbonyl (C=O) groups excluding carboxylic acids is 1. The number of aromatic nitrogens is 3. The van der Waals surface area contributed by atoms with Crippen LogP contribution in [-0.4, -0.2) is 45.1 Å².